The van der Waals surface area contributed by atoms with Gasteiger partial charge in [0.25, 0.3) is 5.91 Å². The number of rotatable bonds is 7. The van der Waals surface area contributed by atoms with Crippen molar-refractivity contribution in [3.05, 3.63) is 72.3 Å². The third-order valence-electron chi connectivity index (χ3n) is 10.1. The SMILES string of the molecule is CO[C@@]1(c2ccc(-c3ccccc3)cc2)C[C@H]2C(=O)N[C@]3(C(=O)NS(=O)(=O)C4CC4)C[C@H]3/C=C\CCCCC[C@H](NC(=O)O)C(=O)N2C1. The Labute approximate surface area is 280 Å². The van der Waals surface area contributed by atoms with Crippen molar-refractivity contribution >= 4 is 33.8 Å². The molecule has 2 aliphatic heterocycles. The zero-order chi connectivity index (χ0) is 34.1. The molecule has 48 heavy (non-hydrogen) atoms. The van der Waals surface area contributed by atoms with E-state index in [-0.39, 0.29) is 25.8 Å². The van der Waals surface area contributed by atoms with Gasteiger partial charge < -0.3 is 25.4 Å². The average Bonchev–Trinajstić information content (AvgIpc) is 4.00. The van der Waals surface area contributed by atoms with E-state index in [9.17, 15) is 32.7 Å². The second-order valence-electron chi connectivity index (χ2n) is 13.3. The topological polar surface area (TPSA) is 171 Å². The molecule has 0 spiro atoms. The van der Waals surface area contributed by atoms with Crippen molar-refractivity contribution in [3.63, 3.8) is 0 Å². The summed E-state index contributed by atoms with van der Waals surface area (Å²) < 4.78 is 33.8. The lowest BCUT2D eigenvalue weighted by atomic mass is 9.89. The maximum Gasteiger partial charge on any atom is 0.405 e. The highest BCUT2D eigenvalue weighted by molar-refractivity contribution is 7.91. The van der Waals surface area contributed by atoms with Gasteiger partial charge in [0.05, 0.1) is 11.8 Å². The Kier molecular flexibility index (Phi) is 9.36. The Morgan fingerprint density at radius 1 is 0.958 bits per heavy atom. The van der Waals surface area contributed by atoms with Crippen molar-refractivity contribution in [2.24, 2.45) is 5.92 Å². The fourth-order valence-electron chi connectivity index (χ4n) is 7.03. The van der Waals surface area contributed by atoms with Crippen LogP contribution < -0.4 is 15.4 Å². The molecule has 0 aromatic heterocycles. The van der Waals surface area contributed by atoms with Crippen LogP contribution in [0.3, 0.4) is 0 Å². The molecule has 4 aliphatic rings. The van der Waals surface area contributed by atoms with Crippen LogP contribution in [0.4, 0.5) is 4.79 Å². The van der Waals surface area contributed by atoms with Crippen LogP contribution in [-0.4, -0.2) is 78.8 Å². The lowest BCUT2D eigenvalue weighted by Crippen LogP contribution is -2.58. The Hall–Kier alpha value is -4.23. The zero-order valence-electron chi connectivity index (χ0n) is 26.9. The molecule has 0 unspecified atom stereocenters. The molecular weight excluding hydrogens is 636 g/mol. The molecule has 4 amide bonds. The third-order valence-corrected chi connectivity index (χ3v) is 11.9. The van der Waals surface area contributed by atoms with Crippen molar-refractivity contribution in [3.8, 4) is 11.1 Å². The summed E-state index contributed by atoms with van der Waals surface area (Å²) in [5.74, 6) is -2.42. The second-order valence-corrected chi connectivity index (χ2v) is 15.3. The number of methoxy groups -OCH3 is 1. The van der Waals surface area contributed by atoms with E-state index in [1.165, 1.54) is 12.0 Å². The summed E-state index contributed by atoms with van der Waals surface area (Å²) in [7, 11) is -2.37. The molecule has 1 saturated heterocycles. The minimum atomic E-state index is -3.88. The summed E-state index contributed by atoms with van der Waals surface area (Å²) in [5, 5.41) is 14.2. The molecule has 0 bridgehead atoms. The first kappa shape index (κ1) is 33.7. The van der Waals surface area contributed by atoms with E-state index in [1.807, 2.05) is 66.7 Å². The molecule has 3 fully saturated rings. The number of allylic oxidation sites excluding steroid dienone is 1. The van der Waals surface area contributed by atoms with Gasteiger partial charge in [0.2, 0.25) is 21.8 Å². The van der Waals surface area contributed by atoms with Crippen molar-refractivity contribution in [2.45, 2.75) is 86.3 Å². The number of hydrogen-bond donors (Lipinski definition) is 4. The normalized spacial score (nSPS) is 30.1. The van der Waals surface area contributed by atoms with E-state index in [1.54, 1.807) is 0 Å². The van der Waals surface area contributed by atoms with E-state index in [4.69, 9.17) is 4.74 Å². The molecule has 2 heterocycles. The highest BCUT2D eigenvalue weighted by atomic mass is 32.2. The zero-order valence-corrected chi connectivity index (χ0v) is 27.7. The Balaban J connectivity index is 1.34. The summed E-state index contributed by atoms with van der Waals surface area (Å²) in [6.07, 6.45) is 6.64. The van der Waals surface area contributed by atoms with E-state index in [2.05, 4.69) is 15.4 Å². The molecule has 6 rings (SSSR count). The van der Waals surface area contributed by atoms with Crippen LogP contribution >= 0.6 is 0 Å². The van der Waals surface area contributed by atoms with Gasteiger partial charge in [-0.3, -0.25) is 19.1 Å². The average molecular weight is 679 g/mol. The largest absolute Gasteiger partial charge is 0.465 e. The molecule has 4 N–H and O–H groups in total. The standard InChI is InChI=1S/C35H42N4O8S/c1-47-34(25-16-14-24(15-17-25)23-10-6-5-7-11-23)21-29-30(40)37-35(32(42)38-48(45,46)27-18-19-27)20-26(35)12-8-3-2-4-9-13-28(36-33(43)44)31(41)39(29)22-34/h5-8,10-12,14-17,26-29,36H,2-4,9,13,18-22H2,1H3,(H,37,40)(H,38,42)(H,43,44)/b12-8-/t26-,28+,29+,34+,35-/m1/s1. The Bertz CT molecular complexity index is 1690. The van der Waals surface area contributed by atoms with Crippen LogP contribution in [-0.2, 0) is 34.7 Å². The number of nitrogens with one attached hydrogen (secondary N) is 3. The van der Waals surface area contributed by atoms with Gasteiger partial charge in [0.1, 0.15) is 23.2 Å². The minimum Gasteiger partial charge on any atom is -0.465 e. The number of sulfonamides is 1. The summed E-state index contributed by atoms with van der Waals surface area (Å²) in [4.78, 5) is 55.2. The lowest BCUT2D eigenvalue weighted by Gasteiger charge is -2.30. The molecule has 2 saturated carbocycles. The summed E-state index contributed by atoms with van der Waals surface area (Å²) in [6, 6.07) is 15.3. The molecule has 256 valence electrons. The van der Waals surface area contributed by atoms with Gasteiger partial charge in [0, 0.05) is 19.4 Å². The fourth-order valence-corrected chi connectivity index (χ4v) is 8.40. The third kappa shape index (κ3) is 6.84. The van der Waals surface area contributed by atoms with Gasteiger partial charge in [0.15, 0.2) is 0 Å². The predicted molar refractivity (Wildman–Crippen MR) is 177 cm³/mol. The van der Waals surface area contributed by atoms with Crippen molar-refractivity contribution in [1.82, 2.24) is 20.3 Å². The van der Waals surface area contributed by atoms with Gasteiger partial charge in [-0.25, -0.2) is 13.2 Å². The molecule has 5 atom stereocenters. The molecule has 2 aromatic carbocycles. The first-order chi connectivity index (χ1) is 23.0. The highest BCUT2D eigenvalue weighted by Crippen LogP contribution is 2.47. The highest BCUT2D eigenvalue weighted by Gasteiger charge is 2.62. The molecule has 2 aliphatic carbocycles. The maximum absolute atomic E-state index is 14.3. The molecule has 2 aromatic rings. The predicted octanol–water partition coefficient (Wildman–Crippen LogP) is 3.44. The van der Waals surface area contributed by atoms with E-state index < -0.39 is 68.2 Å². The number of benzene rings is 2. The summed E-state index contributed by atoms with van der Waals surface area (Å²) in [5.41, 5.74) is 0.0931. The number of hydrogen-bond acceptors (Lipinski definition) is 7. The quantitative estimate of drug-likeness (QED) is 0.323. The first-order valence-electron chi connectivity index (χ1n) is 16.5. The van der Waals surface area contributed by atoms with Gasteiger partial charge >= 0.3 is 6.09 Å². The molecule has 0 radical (unpaired) electrons. The van der Waals surface area contributed by atoms with Gasteiger partial charge in [-0.05, 0) is 55.2 Å². The van der Waals surface area contributed by atoms with E-state index in [0.29, 0.717) is 25.7 Å². The molecule has 12 nitrogen and oxygen atoms in total. The van der Waals surface area contributed by atoms with Gasteiger partial charge in [-0.1, -0.05) is 79.6 Å². The van der Waals surface area contributed by atoms with Crippen LogP contribution in [0.1, 0.15) is 63.4 Å². The summed E-state index contributed by atoms with van der Waals surface area (Å²) >= 11 is 0. The van der Waals surface area contributed by atoms with Gasteiger partial charge in [-0.15, -0.1) is 0 Å². The maximum atomic E-state index is 14.3. The monoisotopic (exact) mass is 678 g/mol. The first-order valence-corrected chi connectivity index (χ1v) is 18.1. The summed E-state index contributed by atoms with van der Waals surface area (Å²) in [6.45, 7) is -0.0402. The fraction of sp³-hybridized carbons (Fsp3) is 0.486. The van der Waals surface area contributed by atoms with Crippen LogP contribution in [0.15, 0.2) is 66.7 Å². The smallest absolute Gasteiger partial charge is 0.405 e. The van der Waals surface area contributed by atoms with Gasteiger partial charge in [-0.2, -0.15) is 0 Å². The second kappa shape index (κ2) is 13.3. The van der Waals surface area contributed by atoms with Crippen molar-refractivity contribution in [1.29, 1.82) is 0 Å². The number of ether oxygens (including phenoxy) is 1. The number of carbonyl (C=O) groups excluding carboxylic acids is 3. The Morgan fingerprint density at radius 3 is 2.33 bits per heavy atom. The number of carboxylic acid groups (broad SMARTS) is 1. The van der Waals surface area contributed by atoms with E-state index in [0.717, 1.165) is 29.5 Å². The number of fused-ring (bicyclic) bond motifs is 2. The van der Waals surface area contributed by atoms with Crippen LogP contribution in [0, 0.1) is 5.92 Å². The molecular formula is C35H42N4O8S. The number of amides is 4. The number of nitrogens with zero attached hydrogens (tertiary/aromatic N) is 1. The molecule has 13 heteroatoms. The van der Waals surface area contributed by atoms with Crippen molar-refractivity contribution < 1.29 is 37.4 Å². The van der Waals surface area contributed by atoms with Crippen molar-refractivity contribution in [2.75, 3.05) is 13.7 Å². The van der Waals surface area contributed by atoms with Crippen LogP contribution in [0.5, 0.6) is 0 Å². The minimum absolute atomic E-state index is 0.0319. The van der Waals surface area contributed by atoms with E-state index >= 15 is 0 Å². The van der Waals surface area contributed by atoms with Crippen LogP contribution in [0.25, 0.3) is 11.1 Å². The van der Waals surface area contributed by atoms with Crippen LogP contribution in [0.2, 0.25) is 0 Å². The number of carbonyl (C=O) groups is 4. The lowest BCUT2D eigenvalue weighted by molar-refractivity contribution is -0.141. The Morgan fingerprint density at radius 2 is 1.67 bits per heavy atom.